The van der Waals surface area contributed by atoms with E-state index in [1.54, 1.807) is 36.4 Å². The molecule has 1 amide bonds. The molecule has 0 bridgehead atoms. The summed E-state index contributed by atoms with van der Waals surface area (Å²) < 4.78 is 10.9. The predicted octanol–water partition coefficient (Wildman–Crippen LogP) is 4.33. The molecule has 23 heavy (non-hydrogen) atoms. The molecule has 5 nitrogen and oxygen atoms in total. The number of carbonyl (C=O) groups is 1. The number of aromatic nitrogens is 1. The van der Waals surface area contributed by atoms with E-state index in [2.05, 4.69) is 10.3 Å². The van der Waals surface area contributed by atoms with Gasteiger partial charge in [0.25, 0.3) is 0 Å². The highest BCUT2D eigenvalue weighted by atomic mass is 35.5. The summed E-state index contributed by atoms with van der Waals surface area (Å²) in [4.78, 5) is 15.9. The quantitative estimate of drug-likeness (QED) is 0.711. The fourth-order valence-corrected chi connectivity index (χ4v) is 2.38. The van der Waals surface area contributed by atoms with E-state index in [1.165, 1.54) is 7.11 Å². The lowest BCUT2D eigenvalue weighted by Crippen LogP contribution is -2.13. The van der Waals surface area contributed by atoms with Gasteiger partial charge in [0.2, 0.25) is 11.8 Å². The number of halogens is 2. The molecule has 7 heteroatoms. The Morgan fingerprint density at radius 1 is 1.30 bits per heavy atom. The Labute approximate surface area is 142 Å². The first kappa shape index (κ1) is 15.6. The van der Waals surface area contributed by atoms with Crippen LogP contribution in [-0.4, -0.2) is 23.9 Å². The van der Waals surface area contributed by atoms with Crippen LogP contribution in [0.2, 0.25) is 5.02 Å². The van der Waals surface area contributed by atoms with Crippen LogP contribution in [0.25, 0.3) is 22.6 Å². The highest BCUT2D eigenvalue weighted by Gasteiger charge is 2.13. The van der Waals surface area contributed by atoms with Gasteiger partial charge in [-0.2, -0.15) is 0 Å². The average Bonchev–Trinajstić information content (AvgIpc) is 2.97. The Morgan fingerprint density at radius 3 is 2.87 bits per heavy atom. The van der Waals surface area contributed by atoms with E-state index in [-0.39, 0.29) is 11.8 Å². The van der Waals surface area contributed by atoms with Crippen LogP contribution < -0.4 is 10.1 Å². The highest BCUT2D eigenvalue weighted by Crippen LogP contribution is 2.32. The normalized spacial score (nSPS) is 10.7. The minimum Gasteiger partial charge on any atom is -0.495 e. The first-order valence-electron chi connectivity index (χ1n) is 6.71. The van der Waals surface area contributed by atoms with Crippen LogP contribution in [0, 0.1) is 0 Å². The third-order valence-electron chi connectivity index (χ3n) is 3.19. The van der Waals surface area contributed by atoms with Gasteiger partial charge in [0.05, 0.1) is 12.8 Å². The third-order valence-corrected chi connectivity index (χ3v) is 3.67. The van der Waals surface area contributed by atoms with E-state index in [0.717, 1.165) is 0 Å². The van der Waals surface area contributed by atoms with Gasteiger partial charge >= 0.3 is 0 Å². The van der Waals surface area contributed by atoms with Crippen molar-refractivity contribution in [3.05, 3.63) is 41.4 Å². The number of methoxy groups -OCH3 is 1. The minimum atomic E-state index is -0.327. The summed E-state index contributed by atoms with van der Waals surface area (Å²) in [5, 5.41) is 3.26. The largest absolute Gasteiger partial charge is 0.495 e. The van der Waals surface area contributed by atoms with E-state index >= 15 is 0 Å². The fourth-order valence-electron chi connectivity index (χ4n) is 2.15. The maximum Gasteiger partial charge on any atom is 0.239 e. The molecule has 0 fully saturated rings. The number of oxazole rings is 1. The molecule has 0 spiro atoms. The van der Waals surface area contributed by atoms with E-state index in [9.17, 15) is 4.79 Å². The van der Waals surface area contributed by atoms with Gasteiger partial charge < -0.3 is 14.5 Å². The molecule has 1 heterocycles. The van der Waals surface area contributed by atoms with Crippen molar-refractivity contribution in [2.24, 2.45) is 0 Å². The molecule has 0 radical (unpaired) electrons. The Bertz CT molecular complexity index is 877. The van der Waals surface area contributed by atoms with Crippen molar-refractivity contribution in [2.45, 2.75) is 0 Å². The molecule has 0 saturated heterocycles. The SMILES string of the molecule is COc1ccc(-c2nc3cc(Cl)ccc3o2)cc1NC(=O)CCl. The molecule has 0 aliphatic heterocycles. The molecule has 0 unspecified atom stereocenters. The van der Waals surface area contributed by atoms with Crippen molar-refractivity contribution in [1.29, 1.82) is 0 Å². The van der Waals surface area contributed by atoms with Crippen molar-refractivity contribution < 1.29 is 13.9 Å². The van der Waals surface area contributed by atoms with Gasteiger partial charge in [0, 0.05) is 10.6 Å². The van der Waals surface area contributed by atoms with Gasteiger partial charge in [-0.3, -0.25) is 4.79 Å². The van der Waals surface area contributed by atoms with E-state index in [0.29, 0.717) is 39.0 Å². The van der Waals surface area contributed by atoms with Crippen molar-refractivity contribution in [3.8, 4) is 17.2 Å². The standard InChI is InChI=1S/C16H12Cl2N2O3/c1-22-13-4-2-9(6-11(13)19-15(21)8-17)16-20-12-7-10(18)3-5-14(12)23-16/h2-7H,8H2,1H3,(H,19,21). The van der Waals surface area contributed by atoms with Crippen LogP contribution in [0.3, 0.4) is 0 Å². The summed E-state index contributed by atoms with van der Waals surface area (Å²) in [7, 11) is 1.52. The minimum absolute atomic E-state index is 0.144. The number of nitrogens with one attached hydrogen (secondary N) is 1. The summed E-state index contributed by atoms with van der Waals surface area (Å²) in [6.45, 7) is 0. The lowest BCUT2D eigenvalue weighted by molar-refractivity contribution is -0.113. The average molecular weight is 351 g/mol. The molecule has 0 aliphatic rings. The Hall–Kier alpha value is -2.24. The van der Waals surface area contributed by atoms with E-state index in [4.69, 9.17) is 32.4 Å². The molecule has 2 aromatic carbocycles. The number of alkyl halides is 1. The van der Waals surface area contributed by atoms with E-state index < -0.39 is 0 Å². The fraction of sp³-hybridized carbons (Fsp3) is 0.125. The van der Waals surface area contributed by atoms with Gasteiger partial charge in [0.1, 0.15) is 17.1 Å². The maximum absolute atomic E-state index is 11.5. The number of fused-ring (bicyclic) bond motifs is 1. The molecule has 3 aromatic rings. The molecular weight excluding hydrogens is 339 g/mol. The summed E-state index contributed by atoms with van der Waals surface area (Å²) in [6.07, 6.45) is 0. The second kappa shape index (κ2) is 6.48. The zero-order valence-corrected chi connectivity index (χ0v) is 13.6. The van der Waals surface area contributed by atoms with Crippen LogP contribution in [0.1, 0.15) is 0 Å². The highest BCUT2D eigenvalue weighted by molar-refractivity contribution is 6.31. The monoisotopic (exact) mass is 350 g/mol. The van der Waals surface area contributed by atoms with Crippen molar-refractivity contribution in [3.63, 3.8) is 0 Å². The summed E-state index contributed by atoms with van der Waals surface area (Å²) in [5.74, 6) is 0.471. The van der Waals surface area contributed by atoms with Crippen LogP contribution in [-0.2, 0) is 4.79 Å². The maximum atomic E-state index is 11.5. The third kappa shape index (κ3) is 3.25. The number of nitrogens with zero attached hydrogens (tertiary/aromatic N) is 1. The Kier molecular flexibility index (Phi) is 4.41. The van der Waals surface area contributed by atoms with Gasteiger partial charge in [-0.1, -0.05) is 11.6 Å². The molecule has 0 aliphatic carbocycles. The van der Waals surface area contributed by atoms with Crippen molar-refractivity contribution >= 4 is 45.9 Å². The topological polar surface area (TPSA) is 64.4 Å². The Balaban J connectivity index is 2.03. The second-order valence-corrected chi connectivity index (χ2v) is 5.43. The molecular formula is C16H12Cl2N2O3. The molecule has 118 valence electrons. The summed E-state index contributed by atoms with van der Waals surface area (Å²) in [6, 6.07) is 10.5. The number of hydrogen-bond acceptors (Lipinski definition) is 4. The second-order valence-electron chi connectivity index (χ2n) is 4.73. The zero-order valence-electron chi connectivity index (χ0n) is 12.1. The zero-order chi connectivity index (χ0) is 16.4. The predicted molar refractivity (Wildman–Crippen MR) is 90.4 cm³/mol. The van der Waals surface area contributed by atoms with Crippen LogP contribution >= 0.6 is 23.2 Å². The van der Waals surface area contributed by atoms with Gasteiger partial charge in [0.15, 0.2) is 5.58 Å². The number of carbonyl (C=O) groups excluding carboxylic acids is 1. The number of anilines is 1. The smallest absolute Gasteiger partial charge is 0.239 e. The number of rotatable bonds is 4. The van der Waals surface area contributed by atoms with Crippen LogP contribution in [0.15, 0.2) is 40.8 Å². The first-order chi connectivity index (χ1) is 11.1. The van der Waals surface area contributed by atoms with E-state index in [1.807, 2.05) is 0 Å². The molecule has 1 aromatic heterocycles. The number of benzene rings is 2. The molecule has 0 atom stereocenters. The number of ether oxygens (including phenoxy) is 1. The molecule has 1 N–H and O–H groups in total. The van der Waals surface area contributed by atoms with Crippen molar-refractivity contribution in [2.75, 3.05) is 18.3 Å². The summed E-state index contributed by atoms with van der Waals surface area (Å²) in [5.41, 5.74) is 2.49. The van der Waals surface area contributed by atoms with Gasteiger partial charge in [-0.05, 0) is 36.4 Å². The van der Waals surface area contributed by atoms with Gasteiger partial charge in [-0.25, -0.2) is 4.98 Å². The van der Waals surface area contributed by atoms with Crippen LogP contribution in [0.5, 0.6) is 5.75 Å². The van der Waals surface area contributed by atoms with Crippen molar-refractivity contribution in [1.82, 2.24) is 4.98 Å². The Morgan fingerprint density at radius 2 is 2.13 bits per heavy atom. The lowest BCUT2D eigenvalue weighted by Gasteiger charge is -2.10. The number of amides is 1. The lowest BCUT2D eigenvalue weighted by atomic mass is 10.2. The van der Waals surface area contributed by atoms with Crippen LogP contribution in [0.4, 0.5) is 5.69 Å². The van der Waals surface area contributed by atoms with Gasteiger partial charge in [-0.15, -0.1) is 11.6 Å². The summed E-state index contributed by atoms with van der Waals surface area (Å²) >= 11 is 11.5. The molecule has 0 saturated carbocycles. The number of hydrogen-bond donors (Lipinski definition) is 1. The first-order valence-corrected chi connectivity index (χ1v) is 7.62. The molecule has 3 rings (SSSR count).